The molecule has 1 atom stereocenters. The van der Waals surface area contributed by atoms with Crippen molar-refractivity contribution in [2.45, 2.75) is 25.3 Å². The topological polar surface area (TPSA) is 72.7 Å². The number of hydrogen-bond donors (Lipinski definition) is 1. The van der Waals surface area contributed by atoms with Crippen molar-refractivity contribution in [2.24, 2.45) is 0 Å². The second kappa shape index (κ2) is 4.77. The zero-order chi connectivity index (χ0) is 14.4. The lowest BCUT2D eigenvalue weighted by Crippen LogP contribution is -2.31. The summed E-state index contributed by atoms with van der Waals surface area (Å²) in [5, 5.41) is 15.0. The van der Waals surface area contributed by atoms with Crippen LogP contribution in [0, 0.1) is 0 Å². The Morgan fingerprint density at radius 1 is 1.33 bits per heavy atom. The third-order valence-electron chi connectivity index (χ3n) is 3.89. The summed E-state index contributed by atoms with van der Waals surface area (Å²) in [6.07, 6.45) is 2.32. The van der Waals surface area contributed by atoms with Gasteiger partial charge in [-0.1, -0.05) is 33.2 Å². The average molecular weight is 346 g/mol. The first-order valence-corrected chi connectivity index (χ1v) is 7.60. The predicted molar refractivity (Wildman–Crippen MR) is 79.6 cm³/mol. The molecular formula is C14H12BrN5O. The molecule has 106 valence electrons. The monoisotopic (exact) mass is 345 g/mol. The Labute approximate surface area is 129 Å². The minimum Gasteiger partial charge on any atom is -0.326 e. The van der Waals surface area contributed by atoms with Gasteiger partial charge in [-0.15, -0.1) is 0 Å². The summed E-state index contributed by atoms with van der Waals surface area (Å²) in [6, 6.07) is 7.67. The van der Waals surface area contributed by atoms with Crippen molar-refractivity contribution in [3.63, 3.8) is 0 Å². The maximum Gasteiger partial charge on any atom is 0.248 e. The molecule has 2 aromatic rings. The van der Waals surface area contributed by atoms with E-state index in [4.69, 9.17) is 0 Å². The summed E-state index contributed by atoms with van der Waals surface area (Å²) in [7, 11) is 0. The summed E-state index contributed by atoms with van der Waals surface area (Å²) >= 11 is 3.49. The number of nitrogens with one attached hydrogen (secondary N) is 1. The Morgan fingerprint density at radius 2 is 2.24 bits per heavy atom. The number of Topliss-reactive ketones (excluding diaryl/α,β-unsaturated/α-hetero) is 1. The molecule has 1 aromatic carbocycles. The summed E-state index contributed by atoms with van der Waals surface area (Å²) in [6.45, 7) is 0. The SMILES string of the molecule is O=C1CCCC2=C1[C@H](c1cccc(Br)c1)n1nnnc1N2. The molecule has 0 saturated carbocycles. The number of hydrogen-bond acceptors (Lipinski definition) is 5. The molecule has 4 rings (SSSR count). The van der Waals surface area contributed by atoms with Gasteiger partial charge in [0.1, 0.15) is 6.04 Å². The largest absolute Gasteiger partial charge is 0.326 e. The van der Waals surface area contributed by atoms with Crippen LogP contribution in [0.15, 0.2) is 40.0 Å². The van der Waals surface area contributed by atoms with Crippen LogP contribution in [0.25, 0.3) is 0 Å². The molecule has 6 nitrogen and oxygen atoms in total. The molecule has 0 fully saturated rings. The Hall–Kier alpha value is -2.02. The standard InChI is InChI=1S/C14H12BrN5O/c15-9-4-1-3-8(7-9)13-12-10(5-2-6-11(12)21)16-14-17-18-19-20(13)14/h1,3-4,7,13H,2,5-6H2,(H,16,17,19)/t13-/m0/s1. The van der Waals surface area contributed by atoms with Crippen molar-refractivity contribution in [2.75, 3.05) is 5.32 Å². The van der Waals surface area contributed by atoms with Crippen molar-refractivity contribution in [1.29, 1.82) is 0 Å². The van der Waals surface area contributed by atoms with Crippen molar-refractivity contribution >= 4 is 27.7 Å². The van der Waals surface area contributed by atoms with Crippen LogP contribution >= 0.6 is 15.9 Å². The molecule has 0 bridgehead atoms. The molecule has 7 heteroatoms. The fraction of sp³-hybridized carbons (Fsp3) is 0.286. The number of carbonyl (C=O) groups is 1. The molecule has 1 N–H and O–H groups in total. The number of nitrogens with zero attached hydrogens (tertiary/aromatic N) is 4. The number of aromatic nitrogens is 4. The van der Waals surface area contributed by atoms with Gasteiger partial charge in [0, 0.05) is 22.2 Å². The van der Waals surface area contributed by atoms with Gasteiger partial charge in [-0.2, -0.15) is 4.68 Å². The number of halogens is 1. The first kappa shape index (κ1) is 12.7. The van der Waals surface area contributed by atoms with Gasteiger partial charge >= 0.3 is 0 Å². The maximum atomic E-state index is 12.4. The van der Waals surface area contributed by atoms with Crippen LogP contribution < -0.4 is 5.32 Å². The van der Waals surface area contributed by atoms with E-state index in [9.17, 15) is 4.79 Å². The van der Waals surface area contributed by atoms with Crippen LogP contribution in [-0.4, -0.2) is 26.0 Å². The van der Waals surface area contributed by atoms with Gasteiger partial charge in [0.2, 0.25) is 5.95 Å². The Bertz CT molecular complexity index is 766. The molecule has 1 aromatic heterocycles. The van der Waals surface area contributed by atoms with Crippen LogP contribution in [0.4, 0.5) is 5.95 Å². The normalized spacial score (nSPS) is 20.8. The number of carbonyl (C=O) groups excluding carboxylic acids is 1. The first-order valence-electron chi connectivity index (χ1n) is 6.80. The fourth-order valence-electron chi connectivity index (χ4n) is 3.00. The van der Waals surface area contributed by atoms with E-state index in [1.807, 2.05) is 24.3 Å². The van der Waals surface area contributed by atoms with E-state index in [0.717, 1.165) is 34.1 Å². The zero-order valence-electron chi connectivity index (χ0n) is 11.1. The predicted octanol–water partition coefficient (Wildman–Crippen LogP) is 2.46. The molecular weight excluding hydrogens is 334 g/mol. The molecule has 2 heterocycles. The van der Waals surface area contributed by atoms with Gasteiger partial charge in [0.25, 0.3) is 0 Å². The second-order valence-corrected chi connectivity index (χ2v) is 6.11. The van der Waals surface area contributed by atoms with Crippen molar-refractivity contribution in [1.82, 2.24) is 20.2 Å². The highest BCUT2D eigenvalue weighted by Crippen LogP contribution is 2.39. The third kappa shape index (κ3) is 1.99. The Kier molecular flexibility index (Phi) is 2.88. The highest BCUT2D eigenvalue weighted by molar-refractivity contribution is 9.10. The lowest BCUT2D eigenvalue weighted by Gasteiger charge is -2.31. The average Bonchev–Trinajstić information content (AvgIpc) is 2.93. The van der Waals surface area contributed by atoms with E-state index >= 15 is 0 Å². The van der Waals surface area contributed by atoms with Crippen molar-refractivity contribution < 1.29 is 4.79 Å². The molecule has 0 saturated heterocycles. The summed E-state index contributed by atoms with van der Waals surface area (Å²) in [5.74, 6) is 0.767. The maximum absolute atomic E-state index is 12.4. The minimum absolute atomic E-state index is 0.176. The third-order valence-corrected chi connectivity index (χ3v) is 4.39. The fourth-order valence-corrected chi connectivity index (χ4v) is 3.42. The number of anilines is 1. The number of benzene rings is 1. The van der Waals surface area contributed by atoms with Crippen LogP contribution in [0.1, 0.15) is 30.9 Å². The lowest BCUT2D eigenvalue weighted by atomic mass is 9.85. The molecule has 21 heavy (non-hydrogen) atoms. The van der Waals surface area contributed by atoms with Crippen molar-refractivity contribution in [3.8, 4) is 0 Å². The van der Waals surface area contributed by atoms with Gasteiger partial charge < -0.3 is 5.32 Å². The van der Waals surface area contributed by atoms with Crippen LogP contribution in [0.3, 0.4) is 0 Å². The molecule has 0 radical (unpaired) electrons. The van der Waals surface area contributed by atoms with E-state index in [1.54, 1.807) is 4.68 Å². The van der Waals surface area contributed by atoms with E-state index in [1.165, 1.54) is 0 Å². The number of ketones is 1. The van der Waals surface area contributed by atoms with Gasteiger partial charge in [-0.05, 0) is 41.0 Å². The lowest BCUT2D eigenvalue weighted by molar-refractivity contribution is -0.116. The summed E-state index contributed by atoms with van der Waals surface area (Å²) in [5.41, 5.74) is 2.75. The first-order chi connectivity index (χ1) is 10.2. The van der Waals surface area contributed by atoms with Gasteiger partial charge in [0.15, 0.2) is 5.78 Å². The highest BCUT2D eigenvalue weighted by Gasteiger charge is 2.36. The van der Waals surface area contributed by atoms with E-state index in [2.05, 4.69) is 36.8 Å². The van der Waals surface area contributed by atoms with E-state index in [0.29, 0.717) is 12.4 Å². The van der Waals surface area contributed by atoms with Crippen LogP contribution in [0.5, 0.6) is 0 Å². The number of fused-ring (bicyclic) bond motifs is 1. The van der Waals surface area contributed by atoms with Crippen molar-refractivity contribution in [3.05, 3.63) is 45.6 Å². The molecule has 0 amide bonds. The quantitative estimate of drug-likeness (QED) is 0.859. The van der Waals surface area contributed by atoms with Gasteiger partial charge in [-0.25, -0.2) is 0 Å². The van der Waals surface area contributed by atoms with Crippen LogP contribution in [0.2, 0.25) is 0 Å². The highest BCUT2D eigenvalue weighted by atomic mass is 79.9. The van der Waals surface area contributed by atoms with Gasteiger partial charge in [-0.3, -0.25) is 4.79 Å². The molecule has 1 aliphatic heterocycles. The molecule has 0 unspecified atom stereocenters. The summed E-state index contributed by atoms with van der Waals surface area (Å²) in [4.78, 5) is 12.4. The number of tetrazole rings is 1. The Morgan fingerprint density at radius 3 is 3.10 bits per heavy atom. The number of rotatable bonds is 1. The minimum atomic E-state index is -0.253. The second-order valence-electron chi connectivity index (χ2n) is 5.20. The summed E-state index contributed by atoms with van der Waals surface area (Å²) < 4.78 is 2.66. The molecule has 2 aliphatic rings. The van der Waals surface area contributed by atoms with Crippen LogP contribution in [-0.2, 0) is 4.79 Å². The Balaban J connectivity index is 1.93. The molecule has 0 spiro atoms. The van der Waals surface area contributed by atoms with E-state index < -0.39 is 0 Å². The number of allylic oxidation sites excluding steroid dienone is 2. The smallest absolute Gasteiger partial charge is 0.248 e. The van der Waals surface area contributed by atoms with Gasteiger partial charge in [0.05, 0.1) is 0 Å². The zero-order valence-corrected chi connectivity index (χ0v) is 12.7. The van der Waals surface area contributed by atoms with E-state index in [-0.39, 0.29) is 11.8 Å². The molecule has 1 aliphatic carbocycles.